The Morgan fingerprint density at radius 1 is 1.31 bits per heavy atom. The first kappa shape index (κ1) is 19.6. The molecule has 0 radical (unpaired) electrons. The van der Waals surface area contributed by atoms with Gasteiger partial charge < -0.3 is 15.4 Å². The molecule has 0 saturated carbocycles. The predicted octanol–water partition coefficient (Wildman–Crippen LogP) is 2.47. The van der Waals surface area contributed by atoms with E-state index in [-0.39, 0.29) is 17.7 Å². The number of halogens is 4. The maximum atomic E-state index is 14.5. The minimum absolute atomic E-state index is 0.0792. The van der Waals surface area contributed by atoms with Gasteiger partial charge in [0.25, 0.3) is 5.56 Å². The number of carboxylic acids is 1. The van der Waals surface area contributed by atoms with Crippen molar-refractivity contribution >= 4 is 5.97 Å². The van der Waals surface area contributed by atoms with Gasteiger partial charge >= 0.3 is 12.1 Å². The summed E-state index contributed by atoms with van der Waals surface area (Å²) in [7, 11) is 1.29. The summed E-state index contributed by atoms with van der Waals surface area (Å²) < 4.78 is 55.5. The van der Waals surface area contributed by atoms with Gasteiger partial charge in [0.15, 0.2) is 0 Å². The molecule has 1 atom stereocenters. The number of aliphatic carboxylic acids is 1. The Morgan fingerprint density at radius 3 is 2.42 bits per heavy atom. The second kappa shape index (κ2) is 6.91. The first-order chi connectivity index (χ1) is 11.9. The van der Waals surface area contributed by atoms with Crippen LogP contribution in [-0.4, -0.2) is 21.7 Å². The van der Waals surface area contributed by atoms with E-state index in [4.69, 9.17) is 10.8 Å². The maximum Gasteiger partial charge on any atom is 0.417 e. The van der Waals surface area contributed by atoms with E-state index in [0.29, 0.717) is 0 Å². The SMILES string of the molecule is Cc1cc(C(F)(F)F)c(-c2ccc(CC(N)C(=O)O)cc2F)c(=O)n1C. The highest BCUT2D eigenvalue weighted by molar-refractivity contribution is 5.74. The molecule has 1 unspecified atom stereocenters. The van der Waals surface area contributed by atoms with E-state index in [1.165, 1.54) is 20.0 Å². The molecular weight excluding hydrogens is 356 g/mol. The van der Waals surface area contributed by atoms with Gasteiger partial charge in [0.2, 0.25) is 0 Å². The third kappa shape index (κ3) is 3.77. The molecule has 0 saturated heterocycles. The van der Waals surface area contributed by atoms with E-state index in [1.54, 1.807) is 0 Å². The van der Waals surface area contributed by atoms with Crippen molar-refractivity contribution in [3.8, 4) is 11.1 Å². The van der Waals surface area contributed by atoms with Crippen LogP contribution in [0.25, 0.3) is 11.1 Å². The van der Waals surface area contributed by atoms with Crippen LogP contribution in [-0.2, 0) is 24.4 Å². The van der Waals surface area contributed by atoms with E-state index in [9.17, 15) is 27.2 Å². The number of hydrogen-bond acceptors (Lipinski definition) is 3. The van der Waals surface area contributed by atoms with Crippen LogP contribution in [0.5, 0.6) is 0 Å². The van der Waals surface area contributed by atoms with Gasteiger partial charge in [-0.2, -0.15) is 13.2 Å². The molecule has 2 rings (SSSR count). The molecule has 5 nitrogen and oxygen atoms in total. The van der Waals surface area contributed by atoms with Gasteiger partial charge in [0.05, 0.1) is 11.1 Å². The fourth-order valence-corrected chi connectivity index (χ4v) is 2.53. The molecule has 0 fully saturated rings. The van der Waals surface area contributed by atoms with Gasteiger partial charge in [-0.1, -0.05) is 12.1 Å². The molecular formula is C17H16F4N2O3. The number of aryl methyl sites for hydroxylation is 1. The molecule has 140 valence electrons. The number of alkyl halides is 3. The van der Waals surface area contributed by atoms with E-state index < -0.39 is 46.3 Å². The first-order valence-corrected chi connectivity index (χ1v) is 7.48. The molecule has 0 amide bonds. The largest absolute Gasteiger partial charge is 0.480 e. The van der Waals surface area contributed by atoms with Crippen molar-refractivity contribution in [2.24, 2.45) is 12.8 Å². The molecule has 1 aromatic carbocycles. The Morgan fingerprint density at radius 2 is 1.92 bits per heavy atom. The Bertz CT molecular complexity index is 919. The zero-order valence-electron chi connectivity index (χ0n) is 13.9. The highest BCUT2D eigenvalue weighted by Crippen LogP contribution is 2.36. The van der Waals surface area contributed by atoms with Crippen LogP contribution in [0.1, 0.15) is 16.8 Å². The predicted molar refractivity (Wildman–Crippen MR) is 86.1 cm³/mol. The summed E-state index contributed by atoms with van der Waals surface area (Å²) in [6.07, 6.45) is -5.05. The van der Waals surface area contributed by atoms with Crippen LogP contribution >= 0.6 is 0 Å². The monoisotopic (exact) mass is 372 g/mol. The number of benzene rings is 1. The summed E-state index contributed by atoms with van der Waals surface area (Å²) in [5, 5.41) is 8.78. The van der Waals surface area contributed by atoms with Crippen molar-refractivity contribution in [3.05, 3.63) is 57.3 Å². The number of carboxylic acid groups (broad SMARTS) is 1. The third-order valence-electron chi connectivity index (χ3n) is 4.05. The van der Waals surface area contributed by atoms with Crippen LogP contribution in [0.15, 0.2) is 29.1 Å². The summed E-state index contributed by atoms with van der Waals surface area (Å²) >= 11 is 0. The van der Waals surface area contributed by atoms with Crippen LogP contribution in [0, 0.1) is 12.7 Å². The van der Waals surface area contributed by atoms with Gasteiger partial charge in [0.1, 0.15) is 11.9 Å². The van der Waals surface area contributed by atoms with Gasteiger partial charge in [-0.25, -0.2) is 4.39 Å². The van der Waals surface area contributed by atoms with Crippen molar-refractivity contribution in [2.75, 3.05) is 0 Å². The Kier molecular flexibility index (Phi) is 5.22. The second-order valence-electron chi connectivity index (χ2n) is 5.90. The highest BCUT2D eigenvalue weighted by atomic mass is 19.4. The van der Waals surface area contributed by atoms with E-state index >= 15 is 0 Å². The summed E-state index contributed by atoms with van der Waals surface area (Å²) in [5.74, 6) is -2.35. The van der Waals surface area contributed by atoms with Crippen molar-refractivity contribution < 1.29 is 27.5 Å². The number of aromatic nitrogens is 1. The molecule has 0 aliphatic carbocycles. The molecule has 1 aromatic heterocycles. The third-order valence-corrected chi connectivity index (χ3v) is 4.05. The standard InChI is InChI=1S/C17H16F4N2O3/c1-8-5-11(17(19,20)21)14(15(24)23(8)2)10-4-3-9(6-12(10)18)7-13(22)16(25)26/h3-6,13H,7,22H2,1-2H3,(H,25,26). The van der Waals surface area contributed by atoms with E-state index in [0.717, 1.165) is 22.8 Å². The van der Waals surface area contributed by atoms with Crippen LogP contribution in [0.3, 0.4) is 0 Å². The number of rotatable bonds is 4. The van der Waals surface area contributed by atoms with Crippen LogP contribution in [0.4, 0.5) is 17.6 Å². The van der Waals surface area contributed by atoms with Gasteiger partial charge in [-0.15, -0.1) is 0 Å². The lowest BCUT2D eigenvalue weighted by molar-refractivity contribution is -0.139. The fraction of sp³-hybridized carbons (Fsp3) is 0.294. The van der Waals surface area contributed by atoms with Gasteiger partial charge in [0, 0.05) is 18.3 Å². The molecule has 3 N–H and O–H groups in total. The molecule has 0 bridgehead atoms. The van der Waals surface area contributed by atoms with Gasteiger partial charge in [-0.05, 0) is 31.0 Å². The number of hydrogen-bond donors (Lipinski definition) is 2. The lowest BCUT2D eigenvalue weighted by Gasteiger charge is -2.17. The van der Waals surface area contributed by atoms with Crippen LogP contribution in [0.2, 0.25) is 0 Å². The smallest absolute Gasteiger partial charge is 0.417 e. The maximum absolute atomic E-state index is 14.5. The molecule has 2 aromatic rings. The molecule has 26 heavy (non-hydrogen) atoms. The normalized spacial score (nSPS) is 12.9. The average molecular weight is 372 g/mol. The number of carbonyl (C=O) groups is 1. The zero-order chi connectivity index (χ0) is 19.8. The van der Waals surface area contributed by atoms with Crippen molar-refractivity contribution in [1.82, 2.24) is 4.57 Å². The summed E-state index contributed by atoms with van der Waals surface area (Å²) in [4.78, 5) is 23.1. The van der Waals surface area contributed by atoms with Crippen molar-refractivity contribution in [3.63, 3.8) is 0 Å². The van der Waals surface area contributed by atoms with E-state index in [2.05, 4.69) is 0 Å². The molecule has 1 heterocycles. The Labute approximate surface area is 145 Å². The van der Waals surface area contributed by atoms with Gasteiger partial charge in [-0.3, -0.25) is 9.59 Å². The summed E-state index contributed by atoms with van der Waals surface area (Å²) in [6.45, 7) is 1.34. The van der Waals surface area contributed by atoms with Crippen LogP contribution < -0.4 is 11.3 Å². The topological polar surface area (TPSA) is 85.3 Å². The first-order valence-electron chi connectivity index (χ1n) is 7.48. The number of nitrogens with two attached hydrogens (primary N) is 1. The summed E-state index contributed by atoms with van der Waals surface area (Å²) in [6, 6.07) is 2.67. The Hall–Kier alpha value is -2.68. The quantitative estimate of drug-likeness (QED) is 0.808. The van der Waals surface area contributed by atoms with Crippen molar-refractivity contribution in [1.29, 1.82) is 0 Å². The molecule has 9 heteroatoms. The number of nitrogens with zero attached hydrogens (tertiary/aromatic N) is 1. The Balaban J connectivity index is 2.64. The lowest BCUT2D eigenvalue weighted by Crippen LogP contribution is -2.32. The average Bonchev–Trinajstić information content (AvgIpc) is 2.52. The minimum atomic E-state index is -4.84. The fourth-order valence-electron chi connectivity index (χ4n) is 2.53. The molecule has 0 aliphatic rings. The highest BCUT2D eigenvalue weighted by Gasteiger charge is 2.36. The minimum Gasteiger partial charge on any atom is -0.480 e. The zero-order valence-corrected chi connectivity index (χ0v) is 13.9. The summed E-state index contributed by atoms with van der Waals surface area (Å²) in [5.41, 5.74) is 2.12. The second-order valence-corrected chi connectivity index (χ2v) is 5.90. The molecule has 0 aliphatic heterocycles. The van der Waals surface area contributed by atoms with E-state index in [1.807, 2.05) is 0 Å². The molecule has 0 spiro atoms. The van der Waals surface area contributed by atoms with Crippen molar-refractivity contribution in [2.45, 2.75) is 25.6 Å². The number of pyridine rings is 1. The lowest BCUT2D eigenvalue weighted by atomic mass is 9.97.